The zero-order valence-electron chi connectivity index (χ0n) is 13.9. The van der Waals surface area contributed by atoms with E-state index in [1.807, 2.05) is 11.3 Å². The van der Waals surface area contributed by atoms with E-state index >= 15 is 0 Å². The van der Waals surface area contributed by atoms with E-state index < -0.39 is 0 Å². The first kappa shape index (κ1) is 16.7. The summed E-state index contributed by atoms with van der Waals surface area (Å²) in [4.78, 5) is 16.4. The molecular weight excluding hydrogens is 360 g/mol. The van der Waals surface area contributed by atoms with Crippen LogP contribution in [0.4, 0.5) is 0 Å². The molecule has 5 nitrogen and oxygen atoms in total. The van der Waals surface area contributed by atoms with Crippen LogP contribution < -0.4 is 14.8 Å². The molecule has 0 aliphatic carbocycles. The highest BCUT2D eigenvalue weighted by molar-refractivity contribution is 7.10. The standard InChI is InChI=1S/C18H19ClN2O3S/c1-11(21-4-2-16-12(9-21)3-5-25-16)8-20-18(22)13-6-14(19)17-15(7-13)23-10-24-17/h3,5-7,11H,2,4,8-10H2,1H3,(H,20,22). The van der Waals surface area contributed by atoms with Crippen molar-refractivity contribution in [2.24, 2.45) is 0 Å². The maximum Gasteiger partial charge on any atom is 0.251 e. The molecule has 4 rings (SSSR count). The molecule has 0 spiro atoms. The monoisotopic (exact) mass is 378 g/mol. The number of halogens is 1. The fourth-order valence-corrected chi connectivity index (χ4v) is 4.37. The Hall–Kier alpha value is -1.76. The quantitative estimate of drug-likeness (QED) is 0.886. The Morgan fingerprint density at radius 2 is 2.32 bits per heavy atom. The molecule has 1 unspecified atom stereocenters. The van der Waals surface area contributed by atoms with Gasteiger partial charge in [0.25, 0.3) is 5.91 Å². The number of amides is 1. The second kappa shape index (κ2) is 6.86. The Labute approximate surface area is 155 Å². The van der Waals surface area contributed by atoms with Crippen molar-refractivity contribution in [1.29, 1.82) is 0 Å². The first-order valence-electron chi connectivity index (χ1n) is 8.28. The van der Waals surface area contributed by atoms with Crippen molar-refractivity contribution in [3.63, 3.8) is 0 Å². The topological polar surface area (TPSA) is 50.8 Å². The number of hydrogen-bond acceptors (Lipinski definition) is 5. The van der Waals surface area contributed by atoms with Crippen molar-refractivity contribution >= 4 is 28.8 Å². The number of fused-ring (bicyclic) bond motifs is 2. The number of rotatable bonds is 4. The highest BCUT2D eigenvalue weighted by Gasteiger charge is 2.23. The van der Waals surface area contributed by atoms with Crippen molar-refractivity contribution in [3.05, 3.63) is 44.6 Å². The van der Waals surface area contributed by atoms with E-state index in [-0.39, 0.29) is 18.7 Å². The minimum atomic E-state index is -0.153. The lowest BCUT2D eigenvalue weighted by Crippen LogP contribution is -2.44. The zero-order chi connectivity index (χ0) is 17.4. The maximum absolute atomic E-state index is 12.5. The van der Waals surface area contributed by atoms with E-state index in [1.54, 1.807) is 12.1 Å². The highest BCUT2D eigenvalue weighted by Crippen LogP contribution is 2.39. The summed E-state index contributed by atoms with van der Waals surface area (Å²) in [5, 5.41) is 5.55. The second-order valence-electron chi connectivity index (χ2n) is 6.34. The van der Waals surface area contributed by atoms with Gasteiger partial charge < -0.3 is 14.8 Å². The fourth-order valence-electron chi connectivity index (χ4n) is 3.22. The summed E-state index contributed by atoms with van der Waals surface area (Å²) in [6.07, 6.45) is 1.09. The van der Waals surface area contributed by atoms with Crippen LogP contribution in [-0.4, -0.2) is 36.7 Å². The zero-order valence-corrected chi connectivity index (χ0v) is 15.5. The Kier molecular flexibility index (Phi) is 4.58. The van der Waals surface area contributed by atoms with Crippen LogP contribution in [0.5, 0.6) is 11.5 Å². The van der Waals surface area contributed by atoms with Crippen LogP contribution in [-0.2, 0) is 13.0 Å². The van der Waals surface area contributed by atoms with Gasteiger partial charge in [-0.1, -0.05) is 11.6 Å². The summed E-state index contributed by atoms with van der Waals surface area (Å²) in [5.74, 6) is 0.874. The largest absolute Gasteiger partial charge is 0.454 e. The molecule has 2 aromatic rings. The summed E-state index contributed by atoms with van der Waals surface area (Å²) < 4.78 is 10.6. The summed E-state index contributed by atoms with van der Waals surface area (Å²) in [7, 11) is 0. The van der Waals surface area contributed by atoms with Gasteiger partial charge in [-0.2, -0.15) is 0 Å². The van der Waals surface area contributed by atoms with Gasteiger partial charge in [-0.25, -0.2) is 0 Å². The first-order chi connectivity index (χ1) is 12.1. The summed E-state index contributed by atoms with van der Waals surface area (Å²) in [6, 6.07) is 5.76. The van der Waals surface area contributed by atoms with Crippen LogP contribution in [0, 0.1) is 0 Å². The number of nitrogens with one attached hydrogen (secondary N) is 1. The van der Waals surface area contributed by atoms with E-state index in [0.29, 0.717) is 28.6 Å². The Balaban J connectivity index is 1.37. The number of ether oxygens (including phenoxy) is 2. The van der Waals surface area contributed by atoms with E-state index in [1.165, 1.54) is 10.4 Å². The van der Waals surface area contributed by atoms with E-state index in [0.717, 1.165) is 19.5 Å². The number of carbonyl (C=O) groups is 1. The molecule has 132 valence electrons. The molecule has 1 aromatic heterocycles. The van der Waals surface area contributed by atoms with Gasteiger partial charge in [-0.3, -0.25) is 9.69 Å². The molecule has 2 aliphatic rings. The molecule has 7 heteroatoms. The molecule has 0 saturated carbocycles. The van der Waals surface area contributed by atoms with Crippen molar-refractivity contribution < 1.29 is 14.3 Å². The predicted octanol–water partition coefficient (Wildman–Crippen LogP) is 3.31. The summed E-state index contributed by atoms with van der Waals surface area (Å²) >= 11 is 7.98. The molecule has 25 heavy (non-hydrogen) atoms. The van der Waals surface area contributed by atoms with E-state index in [4.69, 9.17) is 21.1 Å². The molecule has 1 atom stereocenters. The average Bonchev–Trinajstić information content (AvgIpc) is 3.27. The maximum atomic E-state index is 12.5. The van der Waals surface area contributed by atoms with Gasteiger partial charge >= 0.3 is 0 Å². The van der Waals surface area contributed by atoms with Crippen LogP contribution in [0.1, 0.15) is 27.7 Å². The van der Waals surface area contributed by atoms with Gasteiger partial charge in [-0.05, 0) is 42.5 Å². The molecule has 0 bridgehead atoms. The van der Waals surface area contributed by atoms with Crippen LogP contribution in [0.3, 0.4) is 0 Å². The molecule has 1 N–H and O–H groups in total. The smallest absolute Gasteiger partial charge is 0.251 e. The Morgan fingerprint density at radius 1 is 1.44 bits per heavy atom. The van der Waals surface area contributed by atoms with E-state index in [9.17, 15) is 4.79 Å². The van der Waals surface area contributed by atoms with Gasteiger partial charge in [0.1, 0.15) is 0 Å². The molecule has 2 aliphatic heterocycles. The Bertz CT molecular complexity index is 808. The normalized spacial score (nSPS) is 17.2. The van der Waals surface area contributed by atoms with Crippen molar-refractivity contribution in [3.8, 4) is 11.5 Å². The Morgan fingerprint density at radius 3 is 3.20 bits per heavy atom. The first-order valence-corrected chi connectivity index (χ1v) is 9.54. The number of thiophene rings is 1. The SMILES string of the molecule is CC(CNC(=O)c1cc(Cl)c2c(c1)OCO2)N1CCc2sccc2C1. The molecule has 0 saturated heterocycles. The van der Waals surface area contributed by atoms with Crippen molar-refractivity contribution in [2.45, 2.75) is 25.9 Å². The van der Waals surface area contributed by atoms with Gasteiger partial charge in [0.2, 0.25) is 6.79 Å². The molecule has 0 fully saturated rings. The second-order valence-corrected chi connectivity index (χ2v) is 7.75. The summed E-state index contributed by atoms with van der Waals surface area (Å²) in [5.41, 5.74) is 1.90. The molecular formula is C18H19ClN2O3S. The van der Waals surface area contributed by atoms with Crippen LogP contribution in [0.2, 0.25) is 5.02 Å². The summed E-state index contributed by atoms with van der Waals surface area (Å²) in [6.45, 7) is 4.84. The molecule has 0 radical (unpaired) electrons. The number of carbonyl (C=O) groups excluding carboxylic acids is 1. The number of hydrogen-bond donors (Lipinski definition) is 1. The number of nitrogens with zero attached hydrogens (tertiary/aromatic N) is 1. The van der Waals surface area contributed by atoms with Crippen molar-refractivity contribution in [2.75, 3.05) is 19.9 Å². The van der Waals surface area contributed by atoms with Crippen molar-refractivity contribution in [1.82, 2.24) is 10.2 Å². The minimum Gasteiger partial charge on any atom is -0.454 e. The third kappa shape index (κ3) is 3.34. The lowest BCUT2D eigenvalue weighted by molar-refractivity contribution is 0.0932. The highest BCUT2D eigenvalue weighted by atomic mass is 35.5. The third-order valence-electron chi connectivity index (χ3n) is 4.71. The third-order valence-corrected chi connectivity index (χ3v) is 6.01. The fraction of sp³-hybridized carbons (Fsp3) is 0.389. The van der Waals surface area contributed by atoms with Gasteiger partial charge in [0, 0.05) is 36.1 Å². The lowest BCUT2D eigenvalue weighted by Gasteiger charge is -2.32. The minimum absolute atomic E-state index is 0.136. The lowest BCUT2D eigenvalue weighted by atomic mass is 10.1. The van der Waals surface area contributed by atoms with Crippen LogP contribution >= 0.6 is 22.9 Å². The van der Waals surface area contributed by atoms with E-state index in [2.05, 4.69) is 28.6 Å². The molecule has 1 amide bonds. The average molecular weight is 379 g/mol. The van der Waals surface area contributed by atoms with Gasteiger partial charge in [-0.15, -0.1) is 11.3 Å². The van der Waals surface area contributed by atoms with Crippen LogP contribution in [0.15, 0.2) is 23.6 Å². The number of benzene rings is 1. The van der Waals surface area contributed by atoms with Crippen LogP contribution in [0.25, 0.3) is 0 Å². The van der Waals surface area contributed by atoms with Gasteiger partial charge in [0.15, 0.2) is 11.5 Å². The molecule has 1 aromatic carbocycles. The molecule has 3 heterocycles. The van der Waals surface area contributed by atoms with Gasteiger partial charge in [0.05, 0.1) is 5.02 Å². The predicted molar refractivity (Wildman–Crippen MR) is 97.8 cm³/mol.